The van der Waals surface area contributed by atoms with E-state index in [1.807, 2.05) is 36.1 Å². The highest BCUT2D eigenvalue weighted by Gasteiger charge is 2.53. The molecule has 1 aromatic heterocycles. The molecule has 234 valence electrons. The van der Waals surface area contributed by atoms with Crippen LogP contribution in [0.4, 0.5) is 14.7 Å². The van der Waals surface area contributed by atoms with Crippen LogP contribution in [0, 0.1) is 11.2 Å². The number of anilines is 1. The van der Waals surface area contributed by atoms with Crippen LogP contribution >= 0.6 is 0 Å². The van der Waals surface area contributed by atoms with Crippen LogP contribution in [0.2, 0.25) is 0 Å². The molecule has 2 amide bonds. The number of hydrogen-bond acceptors (Lipinski definition) is 6. The molecule has 10 heteroatoms. The molecule has 2 aliphatic heterocycles. The maximum atomic E-state index is 14.2. The molecule has 2 aliphatic carbocycles. The van der Waals surface area contributed by atoms with E-state index in [9.17, 15) is 18.4 Å². The Hall–Kier alpha value is -4.18. The number of carbonyl (C=O) groups is 2. The third-order valence-electron chi connectivity index (χ3n) is 9.72. The number of alkyl halides is 1. The van der Waals surface area contributed by atoms with Gasteiger partial charge in [0.05, 0.1) is 6.04 Å². The van der Waals surface area contributed by atoms with Crippen molar-refractivity contribution in [2.75, 3.05) is 51.2 Å². The Kier molecular flexibility index (Phi) is 7.43. The number of likely N-dealkylation sites (tertiary alicyclic amines) is 1. The predicted molar refractivity (Wildman–Crippen MR) is 168 cm³/mol. The third-order valence-corrected chi connectivity index (χ3v) is 9.72. The first kappa shape index (κ1) is 29.5. The molecule has 8 nitrogen and oxygen atoms in total. The number of rotatable bonds is 7. The van der Waals surface area contributed by atoms with E-state index in [0.717, 1.165) is 42.6 Å². The van der Waals surface area contributed by atoms with Gasteiger partial charge in [-0.1, -0.05) is 42.0 Å². The van der Waals surface area contributed by atoms with Crippen molar-refractivity contribution in [2.24, 2.45) is 5.41 Å². The van der Waals surface area contributed by atoms with Crippen molar-refractivity contribution >= 4 is 23.3 Å². The van der Waals surface area contributed by atoms with Gasteiger partial charge in [-0.2, -0.15) is 0 Å². The molecule has 4 aliphatic rings. The van der Waals surface area contributed by atoms with Crippen LogP contribution in [-0.4, -0.2) is 83.6 Å². The number of carbonyl (C=O) groups excluding carboxylic acids is 2. The van der Waals surface area contributed by atoms with Crippen molar-refractivity contribution in [1.82, 2.24) is 25.1 Å². The van der Waals surface area contributed by atoms with E-state index in [-0.39, 0.29) is 23.5 Å². The molecule has 0 radical (unpaired) electrons. The van der Waals surface area contributed by atoms with Gasteiger partial charge in [0.1, 0.15) is 11.5 Å². The fourth-order valence-electron chi connectivity index (χ4n) is 7.18. The Morgan fingerprint density at radius 3 is 2.13 bits per heavy atom. The molecule has 4 fully saturated rings. The first-order valence-corrected chi connectivity index (χ1v) is 15.8. The second-order valence-corrected chi connectivity index (χ2v) is 13.3. The summed E-state index contributed by atoms with van der Waals surface area (Å²) >= 11 is 0. The van der Waals surface area contributed by atoms with Crippen LogP contribution in [0.25, 0.3) is 5.57 Å². The first-order chi connectivity index (χ1) is 21.6. The van der Waals surface area contributed by atoms with Gasteiger partial charge in [-0.25, -0.2) is 18.7 Å². The zero-order chi connectivity index (χ0) is 31.3. The van der Waals surface area contributed by atoms with Crippen LogP contribution in [-0.2, 0) is 4.79 Å². The minimum absolute atomic E-state index is 0.247. The van der Waals surface area contributed by atoms with E-state index in [1.165, 1.54) is 23.3 Å². The molecule has 45 heavy (non-hydrogen) atoms. The van der Waals surface area contributed by atoms with E-state index >= 15 is 0 Å². The summed E-state index contributed by atoms with van der Waals surface area (Å²) in [4.78, 5) is 40.2. The molecule has 1 spiro atoms. The van der Waals surface area contributed by atoms with Crippen molar-refractivity contribution in [3.8, 4) is 0 Å². The van der Waals surface area contributed by atoms with Gasteiger partial charge in [-0.15, -0.1) is 0 Å². The zero-order valence-corrected chi connectivity index (χ0v) is 25.7. The lowest BCUT2D eigenvalue weighted by molar-refractivity contribution is -0.138. The Morgan fingerprint density at radius 2 is 1.53 bits per heavy atom. The number of nitrogens with zero attached hydrogens (tertiary/aromatic N) is 5. The summed E-state index contributed by atoms with van der Waals surface area (Å²) < 4.78 is 28.0. The Labute approximate surface area is 262 Å². The molecule has 1 atom stereocenters. The molecule has 1 N–H and O–H groups in total. The van der Waals surface area contributed by atoms with E-state index in [0.29, 0.717) is 50.4 Å². The van der Waals surface area contributed by atoms with Gasteiger partial charge >= 0.3 is 0 Å². The average Bonchev–Trinajstić information content (AvgIpc) is 3.78. The van der Waals surface area contributed by atoms with E-state index < -0.39 is 11.6 Å². The fraction of sp³-hybridized carbons (Fsp3) is 0.429. The monoisotopic (exact) mass is 612 g/mol. The van der Waals surface area contributed by atoms with Crippen molar-refractivity contribution in [3.63, 3.8) is 0 Å². The minimum atomic E-state index is -1.66. The molecule has 2 saturated carbocycles. The van der Waals surface area contributed by atoms with Gasteiger partial charge in [0.2, 0.25) is 5.95 Å². The van der Waals surface area contributed by atoms with Crippen LogP contribution in [0.1, 0.15) is 65.8 Å². The number of aromatic nitrogens is 2. The van der Waals surface area contributed by atoms with Gasteiger partial charge in [-0.3, -0.25) is 9.59 Å². The smallest absolute Gasteiger partial charge is 0.270 e. The maximum Gasteiger partial charge on any atom is 0.270 e. The number of amides is 2. The molecule has 3 aromatic rings. The number of allylic oxidation sites excluding steroid dienone is 1. The highest BCUT2D eigenvalue weighted by atomic mass is 19.1. The lowest BCUT2D eigenvalue weighted by Crippen LogP contribution is -2.58. The maximum absolute atomic E-state index is 14.2. The standard InChI is InChI=1S/C35H38F2N6O2/c1-23(39-31(44)29-11-14-38-33(40-29)43-17-15-42(16-18-43)32(45)35(37)12-13-35)24-3-5-25(6-4-24)30(26-7-9-28(36)10-8-26)27-19-34(20-27)21-41(2)22-34/h3-11,14,23H,12-13,15-22H2,1-2H3,(H,39,44)/t23-/m1/s1. The third kappa shape index (κ3) is 5.83. The van der Waals surface area contributed by atoms with Crippen LogP contribution < -0.4 is 10.2 Å². The fourth-order valence-corrected chi connectivity index (χ4v) is 7.18. The first-order valence-electron chi connectivity index (χ1n) is 15.8. The molecule has 7 rings (SSSR count). The van der Waals surface area contributed by atoms with Gasteiger partial charge in [0.15, 0.2) is 5.67 Å². The van der Waals surface area contributed by atoms with Crippen molar-refractivity contribution in [3.05, 3.63) is 94.6 Å². The zero-order valence-electron chi connectivity index (χ0n) is 25.7. The van der Waals surface area contributed by atoms with E-state index in [4.69, 9.17) is 0 Å². The lowest BCUT2D eigenvalue weighted by Gasteiger charge is -2.56. The largest absolute Gasteiger partial charge is 0.344 e. The molecule has 3 heterocycles. The predicted octanol–water partition coefficient (Wildman–Crippen LogP) is 4.78. The highest BCUT2D eigenvalue weighted by molar-refractivity contribution is 5.93. The van der Waals surface area contributed by atoms with Gasteiger partial charge < -0.3 is 20.0 Å². The SMILES string of the molecule is C[C@@H](NC(=O)c1ccnc(N2CCN(C(=O)C3(F)CC3)CC2)n1)c1ccc(C(=C2CC3(C2)CN(C)C3)c2ccc(F)cc2)cc1. The number of nitrogens with one attached hydrogen (secondary N) is 1. The van der Waals surface area contributed by atoms with Crippen LogP contribution in [0.3, 0.4) is 0 Å². The molecular formula is C35H38F2N6O2. The van der Waals surface area contributed by atoms with Crippen LogP contribution in [0.15, 0.2) is 66.4 Å². The lowest BCUT2D eigenvalue weighted by atomic mass is 9.59. The Morgan fingerprint density at radius 1 is 0.911 bits per heavy atom. The topological polar surface area (TPSA) is 81.7 Å². The molecule has 2 aromatic carbocycles. The molecule has 0 bridgehead atoms. The second-order valence-electron chi connectivity index (χ2n) is 13.3. The van der Waals surface area contributed by atoms with Gasteiger partial charge in [0, 0.05) is 50.9 Å². The number of halogens is 2. The summed E-state index contributed by atoms with van der Waals surface area (Å²) in [5.74, 6) is -0.555. The molecule has 2 saturated heterocycles. The Bertz CT molecular complexity index is 1630. The number of benzene rings is 2. The van der Waals surface area contributed by atoms with Crippen molar-refractivity contribution < 1.29 is 18.4 Å². The van der Waals surface area contributed by atoms with Crippen LogP contribution in [0.5, 0.6) is 0 Å². The summed E-state index contributed by atoms with van der Waals surface area (Å²) in [6.45, 7) is 5.92. The van der Waals surface area contributed by atoms with Crippen molar-refractivity contribution in [1.29, 1.82) is 0 Å². The summed E-state index contributed by atoms with van der Waals surface area (Å²) in [5, 5.41) is 3.05. The molecular weight excluding hydrogens is 574 g/mol. The second kappa shape index (κ2) is 11.3. The number of hydrogen-bond donors (Lipinski definition) is 1. The van der Waals surface area contributed by atoms with Crippen molar-refractivity contribution in [2.45, 2.75) is 44.3 Å². The summed E-state index contributed by atoms with van der Waals surface area (Å²) in [5.41, 5.74) is 4.62. The summed E-state index contributed by atoms with van der Waals surface area (Å²) in [6.07, 6.45) is 4.30. The van der Waals surface area contributed by atoms with E-state index in [2.05, 4.69) is 39.4 Å². The normalized spacial score (nSPS) is 20.7. The summed E-state index contributed by atoms with van der Waals surface area (Å²) in [6, 6.07) is 16.3. The Balaban J connectivity index is 1.01. The highest BCUT2D eigenvalue weighted by Crippen LogP contribution is 2.54. The van der Waals surface area contributed by atoms with Gasteiger partial charge in [-0.05, 0) is 80.1 Å². The van der Waals surface area contributed by atoms with Gasteiger partial charge in [0.25, 0.3) is 11.8 Å². The quantitative estimate of drug-likeness (QED) is 0.414. The molecule has 0 unspecified atom stereocenters. The summed E-state index contributed by atoms with van der Waals surface area (Å²) in [7, 11) is 2.15. The number of piperazine rings is 1. The minimum Gasteiger partial charge on any atom is -0.344 e. The average molecular weight is 613 g/mol. The van der Waals surface area contributed by atoms with E-state index in [1.54, 1.807) is 17.2 Å².